The fraction of sp³-hybridized carbons (Fsp3) is 0.370. The Morgan fingerprint density at radius 2 is 1.66 bits per heavy atom. The van der Waals surface area contributed by atoms with Crippen molar-refractivity contribution < 1.29 is 4.74 Å². The lowest BCUT2D eigenvalue weighted by Crippen LogP contribution is -2.48. The second-order valence-corrected chi connectivity index (χ2v) is 8.90. The van der Waals surface area contributed by atoms with E-state index in [9.17, 15) is 0 Å². The number of hydrogen-bond acceptors (Lipinski definition) is 6. The van der Waals surface area contributed by atoms with Crippen molar-refractivity contribution in [1.82, 2.24) is 20.2 Å². The predicted octanol–water partition coefficient (Wildman–Crippen LogP) is 3.75. The molecule has 1 aliphatic rings. The molecule has 1 fully saturated rings. The van der Waals surface area contributed by atoms with E-state index in [-0.39, 0.29) is 5.92 Å². The number of hydrogen-bond donors (Lipinski definition) is 2. The number of rotatable bonds is 10. The van der Waals surface area contributed by atoms with Gasteiger partial charge in [0.05, 0.1) is 12.8 Å². The summed E-state index contributed by atoms with van der Waals surface area (Å²) in [6.45, 7) is 9.00. The molecule has 184 valence electrons. The van der Waals surface area contributed by atoms with Crippen LogP contribution in [0, 0.1) is 0 Å². The molecule has 1 aromatic heterocycles. The van der Waals surface area contributed by atoms with Crippen LogP contribution < -0.4 is 15.5 Å². The van der Waals surface area contributed by atoms with E-state index in [2.05, 4.69) is 78.9 Å². The van der Waals surface area contributed by atoms with E-state index in [1.807, 2.05) is 19.1 Å². The lowest BCUT2D eigenvalue weighted by atomic mass is 9.91. The summed E-state index contributed by atoms with van der Waals surface area (Å²) in [4.78, 5) is 13.5. The van der Waals surface area contributed by atoms with Crippen molar-refractivity contribution in [3.63, 3.8) is 0 Å². The van der Waals surface area contributed by atoms with Crippen molar-refractivity contribution in [3.8, 4) is 0 Å². The average Bonchev–Trinajstić information content (AvgIpc) is 2.91. The van der Waals surface area contributed by atoms with Crippen LogP contribution in [0.4, 0.5) is 11.5 Å². The largest absolute Gasteiger partial charge is 0.380 e. The molecule has 0 unspecified atom stereocenters. The first-order valence-corrected chi connectivity index (χ1v) is 12.6. The van der Waals surface area contributed by atoms with Gasteiger partial charge in [-0.15, -0.1) is 0 Å². The van der Waals surface area contributed by atoms with E-state index in [1.165, 1.54) is 11.1 Å². The molecule has 0 radical (unpaired) electrons. The minimum absolute atomic E-state index is 0.188. The van der Waals surface area contributed by atoms with Gasteiger partial charge in [-0.1, -0.05) is 60.7 Å². The average molecular weight is 491 g/mol. The Bertz CT molecular complexity index is 1000. The van der Waals surface area contributed by atoms with E-state index in [1.54, 1.807) is 12.5 Å². The number of aromatic nitrogens is 2. The molecule has 4 rings (SSSR count). The van der Waals surface area contributed by atoms with E-state index < -0.39 is 0 Å². The van der Waals surface area contributed by atoms with Crippen molar-refractivity contribution in [1.29, 1.82) is 0 Å². The molecule has 1 aliphatic heterocycles. The van der Waals surface area contributed by atoms with Gasteiger partial charge in [-0.3, -0.25) is 4.90 Å². The Balaban J connectivity index is 1.36. The zero-order chi connectivity index (χ0) is 24.3. The molecule has 2 heterocycles. The molecule has 7 nitrogen and oxygen atoms in total. The van der Waals surface area contributed by atoms with Crippen molar-refractivity contribution >= 4 is 28.8 Å². The molecular weight excluding hydrogens is 456 g/mol. The highest BCUT2D eigenvalue weighted by molar-refractivity contribution is 7.80. The van der Waals surface area contributed by atoms with Crippen LogP contribution in [0.15, 0.2) is 73.2 Å². The molecule has 2 aromatic carbocycles. The number of nitrogens with one attached hydrogen (secondary N) is 2. The minimum Gasteiger partial charge on any atom is -0.380 e. The predicted molar refractivity (Wildman–Crippen MR) is 146 cm³/mol. The van der Waals surface area contributed by atoms with Crippen LogP contribution in [-0.4, -0.2) is 72.5 Å². The SMILES string of the molecule is CCOCCN1CCN(c2ncncc2NC(=S)NCC(c2ccccc2)c2ccccc2)CC1. The summed E-state index contributed by atoms with van der Waals surface area (Å²) in [6, 6.07) is 21.0. The third-order valence-corrected chi connectivity index (χ3v) is 6.48. The monoisotopic (exact) mass is 490 g/mol. The van der Waals surface area contributed by atoms with Crippen molar-refractivity contribution in [2.45, 2.75) is 12.8 Å². The van der Waals surface area contributed by atoms with Gasteiger partial charge in [0.15, 0.2) is 10.9 Å². The first-order valence-electron chi connectivity index (χ1n) is 12.2. The van der Waals surface area contributed by atoms with Gasteiger partial charge < -0.3 is 20.3 Å². The molecule has 2 N–H and O–H groups in total. The van der Waals surface area contributed by atoms with E-state index in [0.29, 0.717) is 11.7 Å². The molecular formula is C27H34N6OS. The number of nitrogens with zero attached hydrogens (tertiary/aromatic N) is 4. The maximum atomic E-state index is 5.67. The van der Waals surface area contributed by atoms with Gasteiger partial charge >= 0.3 is 0 Å². The molecule has 3 aromatic rings. The fourth-order valence-corrected chi connectivity index (χ4v) is 4.54. The first kappa shape index (κ1) is 25.0. The molecule has 1 saturated heterocycles. The maximum Gasteiger partial charge on any atom is 0.170 e. The van der Waals surface area contributed by atoms with Crippen LogP contribution >= 0.6 is 12.2 Å². The van der Waals surface area contributed by atoms with Crippen LogP contribution in [0.5, 0.6) is 0 Å². The van der Waals surface area contributed by atoms with Gasteiger partial charge in [-0.25, -0.2) is 9.97 Å². The summed E-state index contributed by atoms with van der Waals surface area (Å²) < 4.78 is 5.50. The third kappa shape index (κ3) is 7.21. The molecule has 0 amide bonds. The quantitative estimate of drug-likeness (QED) is 0.329. The Hall–Kier alpha value is -3.07. The molecule has 0 saturated carbocycles. The van der Waals surface area contributed by atoms with Gasteiger partial charge in [0.2, 0.25) is 0 Å². The molecule has 0 atom stereocenters. The molecule has 0 spiro atoms. The van der Waals surface area contributed by atoms with Crippen LogP contribution in [0.2, 0.25) is 0 Å². The summed E-state index contributed by atoms with van der Waals surface area (Å²) in [5.41, 5.74) is 3.32. The van der Waals surface area contributed by atoms with E-state index in [0.717, 1.165) is 57.4 Å². The van der Waals surface area contributed by atoms with Gasteiger partial charge in [0, 0.05) is 51.8 Å². The topological polar surface area (TPSA) is 65.5 Å². The Morgan fingerprint density at radius 3 is 2.29 bits per heavy atom. The number of thiocarbonyl (C=S) groups is 1. The lowest BCUT2D eigenvalue weighted by Gasteiger charge is -2.36. The van der Waals surface area contributed by atoms with Gasteiger partial charge in [-0.2, -0.15) is 0 Å². The van der Waals surface area contributed by atoms with Crippen LogP contribution in [0.1, 0.15) is 24.0 Å². The summed E-state index contributed by atoms with van der Waals surface area (Å²) in [7, 11) is 0. The summed E-state index contributed by atoms with van der Waals surface area (Å²) in [5.74, 6) is 1.07. The second-order valence-electron chi connectivity index (χ2n) is 8.49. The van der Waals surface area contributed by atoms with Crippen LogP contribution in [0.3, 0.4) is 0 Å². The Kier molecular flexibility index (Phi) is 9.39. The summed E-state index contributed by atoms with van der Waals surface area (Å²) >= 11 is 5.67. The van der Waals surface area contributed by atoms with Gasteiger partial charge in [0.1, 0.15) is 12.0 Å². The maximum absolute atomic E-state index is 5.67. The zero-order valence-electron chi connectivity index (χ0n) is 20.3. The second kappa shape index (κ2) is 13.1. The smallest absolute Gasteiger partial charge is 0.170 e. The minimum atomic E-state index is 0.188. The number of benzene rings is 2. The molecule has 0 bridgehead atoms. The van der Waals surface area contributed by atoms with Crippen LogP contribution in [-0.2, 0) is 4.74 Å². The van der Waals surface area contributed by atoms with Crippen LogP contribution in [0.25, 0.3) is 0 Å². The summed E-state index contributed by atoms with van der Waals surface area (Å²) in [5, 5.41) is 7.32. The fourth-order valence-electron chi connectivity index (χ4n) is 4.34. The Morgan fingerprint density at radius 1 is 1.00 bits per heavy atom. The van der Waals surface area contributed by atoms with Crippen molar-refractivity contribution in [2.24, 2.45) is 0 Å². The van der Waals surface area contributed by atoms with Crippen molar-refractivity contribution in [3.05, 3.63) is 84.3 Å². The number of piperazine rings is 1. The highest BCUT2D eigenvalue weighted by Crippen LogP contribution is 2.25. The lowest BCUT2D eigenvalue weighted by molar-refractivity contribution is 0.111. The number of ether oxygens (including phenoxy) is 1. The zero-order valence-corrected chi connectivity index (χ0v) is 21.1. The normalized spacial score (nSPS) is 14.2. The standard InChI is InChI=1S/C27H34N6OS/c1-2-34-18-17-32-13-15-33(16-14-32)26-25(20-28-21-30-26)31-27(35)29-19-24(22-9-5-3-6-10-22)23-11-7-4-8-12-23/h3-12,20-21,24H,2,13-19H2,1H3,(H2,29,31,35). The molecule has 8 heteroatoms. The molecule has 35 heavy (non-hydrogen) atoms. The highest BCUT2D eigenvalue weighted by Gasteiger charge is 2.21. The number of anilines is 2. The van der Waals surface area contributed by atoms with E-state index >= 15 is 0 Å². The Labute approximate surface area is 213 Å². The first-order chi connectivity index (χ1) is 17.2. The highest BCUT2D eigenvalue weighted by atomic mass is 32.1. The molecule has 0 aliphatic carbocycles. The summed E-state index contributed by atoms with van der Waals surface area (Å²) in [6.07, 6.45) is 3.39. The van der Waals surface area contributed by atoms with Crippen molar-refractivity contribution in [2.75, 3.05) is 62.7 Å². The van der Waals surface area contributed by atoms with E-state index in [4.69, 9.17) is 17.0 Å². The van der Waals surface area contributed by atoms with Gasteiger partial charge in [-0.05, 0) is 30.3 Å². The third-order valence-electron chi connectivity index (χ3n) is 6.24. The van der Waals surface area contributed by atoms with Gasteiger partial charge in [0.25, 0.3) is 0 Å².